The van der Waals surface area contributed by atoms with Gasteiger partial charge in [-0.05, 0) is 18.3 Å². The Hall–Kier alpha value is -0.940. The van der Waals surface area contributed by atoms with Gasteiger partial charge in [0.15, 0.2) is 6.10 Å². The van der Waals surface area contributed by atoms with E-state index >= 15 is 0 Å². The molecule has 2 rings (SSSR count). The number of Topliss-reactive ketones (excluding diaryl/α,β-unsaturated/α-hetero) is 1. The Bertz CT molecular complexity index is 477. The van der Waals surface area contributed by atoms with Crippen molar-refractivity contribution in [3.63, 3.8) is 0 Å². The Morgan fingerprint density at radius 2 is 1.68 bits per heavy atom. The number of rotatable bonds is 5. The highest BCUT2D eigenvalue weighted by molar-refractivity contribution is 5.89. The molecule has 1 saturated carbocycles. The molecule has 0 amide bonds. The summed E-state index contributed by atoms with van der Waals surface area (Å²) in [5.41, 5.74) is -0.912. The molecule has 1 aliphatic carbocycles. The van der Waals surface area contributed by atoms with E-state index in [-0.39, 0.29) is 37.2 Å². The first kappa shape index (κ1) is 22.1. The summed E-state index contributed by atoms with van der Waals surface area (Å²) in [6.45, 7) is 14.7. The van der Waals surface area contributed by atoms with Crippen molar-refractivity contribution < 1.29 is 25.2 Å². The minimum atomic E-state index is -0.488. The molecule has 2 fully saturated rings. The van der Waals surface area contributed by atoms with Gasteiger partial charge in [-0.3, -0.25) is 9.59 Å². The van der Waals surface area contributed by atoms with E-state index in [1.807, 2.05) is 48.5 Å². The summed E-state index contributed by atoms with van der Waals surface area (Å²) in [4.78, 5) is 25.4. The van der Waals surface area contributed by atoms with Crippen LogP contribution in [-0.4, -0.2) is 44.3 Å². The van der Waals surface area contributed by atoms with E-state index in [0.29, 0.717) is 19.6 Å². The van der Waals surface area contributed by atoms with Gasteiger partial charge in [-0.15, -0.1) is 0 Å². The van der Waals surface area contributed by atoms with Crippen LogP contribution in [0.15, 0.2) is 0 Å². The van der Waals surface area contributed by atoms with Crippen molar-refractivity contribution in [2.45, 2.75) is 73.5 Å². The summed E-state index contributed by atoms with van der Waals surface area (Å²) >= 11 is 0. The van der Waals surface area contributed by atoms with Gasteiger partial charge in [0.2, 0.25) is 0 Å². The maximum atomic E-state index is 12.7. The highest BCUT2D eigenvalue weighted by atomic mass is 16.6. The highest BCUT2D eigenvalue weighted by Gasteiger charge is 2.58. The lowest BCUT2D eigenvalue weighted by atomic mass is 9.62. The number of carbonyl (C=O) groups is 2. The van der Waals surface area contributed by atoms with Crippen molar-refractivity contribution in [3.05, 3.63) is 0 Å². The van der Waals surface area contributed by atoms with Gasteiger partial charge in [-0.2, -0.15) is 0 Å². The molecule has 0 N–H and O–H groups in total. The quantitative estimate of drug-likeness (QED) is 0.698. The zero-order chi connectivity index (χ0) is 19.4. The van der Waals surface area contributed by atoms with Gasteiger partial charge in [-0.1, -0.05) is 48.5 Å². The van der Waals surface area contributed by atoms with Crippen LogP contribution in [0, 0.1) is 22.7 Å². The topological polar surface area (TPSA) is 61.8 Å². The minimum absolute atomic E-state index is 0. The van der Waals surface area contributed by atoms with Gasteiger partial charge < -0.3 is 14.2 Å². The van der Waals surface area contributed by atoms with Crippen molar-refractivity contribution >= 4 is 11.8 Å². The molecule has 0 aromatic rings. The fraction of sp³-hybridized carbons (Fsp3) is 0.900. The number of hydrogen-bond acceptors (Lipinski definition) is 5. The zero-order valence-electron chi connectivity index (χ0n) is 17.2. The third kappa shape index (κ3) is 4.08. The molecule has 0 spiro atoms. The largest absolute Gasteiger partial charge is 0.457 e. The summed E-state index contributed by atoms with van der Waals surface area (Å²) in [5.74, 6) is -0.298. The Kier molecular flexibility index (Phi) is 7.63. The Labute approximate surface area is 154 Å². The van der Waals surface area contributed by atoms with Gasteiger partial charge in [0.1, 0.15) is 11.9 Å². The molecule has 0 radical (unpaired) electrons. The third-order valence-corrected chi connectivity index (χ3v) is 6.13. The average Bonchev–Trinajstić information content (AvgIpc) is 3.11. The van der Waals surface area contributed by atoms with Crippen LogP contribution in [0.2, 0.25) is 0 Å². The Morgan fingerprint density at radius 1 is 1.12 bits per heavy atom. The molecule has 2 aliphatic rings. The minimum Gasteiger partial charge on any atom is -0.457 e. The molecule has 5 nitrogen and oxygen atoms in total. The first-order chi connectivity index (χ1) is 11.6. The maximum Gasteiger partial charge on any atom is 0.309 e. The number of methoxy groups -OCH3 is 1. The monoisotopic (exact) mass is 358 g/mol. The fourth-order valence-electron chi connectivity index (χ4n) is 4.07. The fourth-order valence-corrected chi connectivity index (χ4v) is 4.07. The SMILES string of the molecule is CC.CO[C@@H]1COC[C@@H]1OC(=O)C1CCC(C)(C(=O)C(C)C)C1(C)C.[HH]. The average molecular weight is 359 g/mol. The molecule has 1 saturated heterocycles. The second-order valence-electron chi connectivity index (χ2n) is 7.95. The lowest BCUT2D eigenvalue weighted by Gasteiger charge is -2.41. The van der Waals surface area contributed by atoms with Crippen LogP contribution < -0.4 is 0 Å². The lowest BCUT2D eigenvalue weighted by Crippen LogP contribution is -2.45. The molecule has 0 bridgehead atoms. The Morgan fingerprint density at radius 3 is 2.20 bits per heavy atom. The summed E-state index contributed by atoms with van der Waals surface area (Å²) in [6, 6.07) is 0. The van der Waals surface area contributed by atoms with Crippen molar-refractivity contribution in [3.8, 4) is 0 Å². The third-order valence-electron chi connectivity index (χ3n) is 6.13. The van der Waals surface area contributed by atoms with Crippen LogP contribution >= 0.6 is 0 Å². The molecule has 0 aromatic heterocycles. The van der Waals surface area contributed by atoms with Gasteiger partial charge in [0, 0.05) is 19.9 Å². The van der Waals surface area contributed by atoms with Gasteiger partial charge in [0.25, 0.3) is 0 Å². The number of carbonyl (C=O) groups excluding carboxylic acids is 2. The second kappa shape index (κ2) is 8.63. The van der Waals surface area contributed by atoms with Crippen LogP contribution in [0.3, 0.4) is 0 Å². The van der Waals surface area contributed by atoms with Crippen LogP contribution in [0.4, 0.5) is 0 Å². The number of esters is 1. The van der Waals surface area contributed by atoms with Crippen molar-refractivity contribution in [2.24, 2.45) is 22.7 Å². The summed E-state index contributed by atoms with van der Waals surface area (Å²) in [5, 5.41) is 0. The van der Waals surface area contributed by atoms with E-state index in [1.165, 1.54) is 0 Å². The van der Waals surface area contributed by atoms with E-state index in [4.69, 9.17) is 14.2 Å². The van der Waals surface area contributed by atoms with E-state index in [9.17, 15) is 9.59 Å². The smallest absolute Gasteiger partial charge is 0.309 e. The molecule has 2 unspecified atom stereocenters. The predicted octanol–water partition coefficient (Wildman–Crippen LogP) is 3.88. The second-order valence-corrected chi connectivity index (χ2v) is 7.95. The van der Waals surface area contributed by atoms with Crippen LogP contribution in [-0.2, 0) is 23.8 Å². The predicted molar refractivity (Wildman–Crippen MR) is 99.4 cm³/mol. The van der Waals surface area contributed by atoms with Crippen molar-refractivity contribution in [1.29, 1.82) is 0 Å². The first-order valence-electron chi connectivity index (χ1n) is 9.50. The van der Waals surface area contributed by atoms with Gasteiger partial charge in [-0.25, -0.2) is 0 Å². The van der Waals surface area contributed by atoms with E-state index < -0.39 is 10.8 Å². The molecule has 1 aliphatic heterocycles. The van der Waals surface area contributed by atoms with Gasteiger partial charge >= 0.3 is 5.97 Å². The molecule has 148 valence electrons. The molecule has 5 heteroatoms. The number of ether oxygens (including phenoxy) is 3. The molecule has 1 heterocycles. The zero-order valence-corrected chi connectivity index (χ0v) is 17.2. The van der Waals surface area contributed by atoms with Crippen LogP contribution in [0.5, 0.6) is 0 Å². The van der Waals surface area contributed by atoms with Crippen LogP contribution in [0.1, 0.15) is 62.7 Å². The van der Waals surface area contributed by atoms with Gasteiger partial charge in [0.05, 0.1) is 19.1 Å². The number of ketones is 1. The van der Waals surface area contributed by atoms with E-state index in [0.717, 1.165) is 6.42 Å². The van der Waals surface area contributed by atoms with Crippen molar-refractivity contribution in [2.75, 3.05) is 20.3 Å². The standard InChI is InChI=1S/C18H30O5.C2H6.H2/c1-11(2)15(19)18(5)8-7-12(17(18,3)4)16(20)23-14-10-22-9-13(14)21-6;1-2;/h11-14H,7-10H2,1-6H3;1-2H3;1H/t12?,13-,14+,18?;;/m1../s1. The summed E-state index contributed by atoms with van der Waals surface area (Å²) < 4.78 is 16.3. The molecule has 25 heavy (non-hydrogen) atoms. The normalized spacial score (nSPS) is 33.7. The summed E-state index contributed by atoms with van der Waals surface area (Å²) in [7, 11) is 1.60. The van der Waals surface area contributed by atoms with Crippen LogP contribution in [0.25, 0.3) is 0 Å². The molecular formula is C20H38O5. The molecule has 4 atom stereocenters. The lowest BCUT2D eigenvalue weighted by molar-refractivity contribution is -0.164. The van der Waals surface area contributed by atoms with E-state index in [2.05, 4.69) is 0 Å². The van der Waals surface area contributed by atoms with E-state index in [1.54, 1.807) is 7.11 Å². The Balaban J connectivity index is 0.00000201. The first-order valence-corrected chi connectivity index (χ1v) is 9.50. The maximum absolute atomic E-state index is 12.7. The molecular weight excluding hydrogens is 320 g/mol. The molecule has 0 aromatic carbocycles. The summed E-state index contributed by atoms with van der Waals surface area (Å²) in [6.07, 6.45) is 0.862. The highest BCUT2D eigenvalue weighted by Crippen LogP contribution is 2.57. The van der Waals surface area contributed by atoms with Crippen molar-refractivity contribution in [1.82, 2.24) is 0 Å². The number of hydrogen-bond donors (Lipinski definition) is 0.